The van der Waals surface area contributed by atoms with Gasteiger partial charge >= 0.3 is 12.2 Å². The zero-order valence-corrected chi connectivity index (χ0v) is 15.5. The van der Waals surface area contributed by atoms with Crippen LogP contribution >= 0.6 is 0 Å². The average molecular weight is 385 g/mol. The van der Waals surface area contributed by atoms with Crippen molar-refractivity contribution in [1.82, 2.24) is 9.80 Å². The van der Waals surface area contributed by atoms with Gasteiger partial charge in [-0.05, 0) is 37.8 Å². The molecule has 150 valence electrons. The van der Waals surface area contributed by atoms with Crippen LogP contribution in [0.2, 0.25) is 0 Å². The lowest BCUT2D eigenvalue weighted by Crippen LogP contribution is -2.50. The number of amides is 2. The van der Waals surface area contributed by atoms with Crippen LogP contribution in [0.4, 0.5) is 23.7 Å². The maximum Gasteiger partial charge on any atom is 0.418 e. The normalized spacial score (nSPS) is 20.4. The molecule has 0 atom stereocenters. The lowest BCUT2D eigenvalue weighted by atomic mass is 9.99. The highest BCUT2D eigenvalue weighted by Gasteiger charge is 2.34. The molecule has 2 aliphatic rings. The smallest absolute Gasteiger partial charge is 0.381 e. The molecule has 0 aliphatic carbocycles. The van der Waals surface area contributed by atoms with Crippen LogP contribution in [0.25, 0.3) is 0 Å². The number of hydrogen-bond donors (Lipinski definition) is 1. The van der Waals surface area contributed by atoms with E-state index >= 15 is 0 Å². The van der Waals surface area contributed by atoms with Crippen molar-refractivity contribution >= 4 is 11.7 Å². The van der Waals surface area contributed by atoms with Crippen molar-refractivity contribution in [3.05, 3.63) is 29.8 Å². The van der Waals surface area contributed by atoms with Gasteiger partial charge in [0.2, 0.25) is 0 Å². The minimum atomic E-state index is -4.50. The maximum atomic E-state index is 13.1. The Balaban J connectivity index is 1.56. The number of anilines is 1. The number of para-hydroxylation sites is 1. The molecule has 27 heavy (non-hydrogen) atoms. The van der Waals surface area contributed by atoms with Gasteiger partial charge in [-0.15, -0.1) is 0 Å². The molecule has 0 saturated carbocycles. The quantitative estimate of drug-likeness (QED) is 0.861. The van der Waals surface area contributed by atoms with Gasteiger partial charge in [0, 0.05) is 45.4 Å². The number of nitrogens with one attached hydrogen (secondary N) is 1. The standard InChI is InChI=1S/C19H26F3N3O2/c1-24(14-6-10-25(11-7-14)15-8-12-27-13-9-15)18(26)23-17-5-3-2-4-16(17)19(20,21)22/h2-5,14-15H,6-13H2,1H3,(H,23,26). The van der Waals surface area contributed by atoms with E-state index in [2.05, 4.69) is 10.2 Å². The van der Waals surface area contributed by atoms with Crippen LogP contribution in [0, 0.1) is 0 Å². The van der Waals surface area contributed by atoms with Crippen LogP contribution in [0.1, 0.15) is 31.2 Å². The molecule has 0 unspecified atom stereocenters. The highest BCUT2D eigenvalue weighted by molar-refractivity contribution is 5.90. The van der Waals surface area contributed by atoms with Gasteiger partial charge in [-0.25, -0.2) is 4.79 Å². The van der Waals surface area contributed by atoms with Crippen LogP contribution in [-0.4, -0.2) is 61.3 Å². The summed E-state index contributed by atoms with van der Waals surface area (Å²) in [6.07, 6.45) is -0.785. The van der Waals surface area contributed by atoms with Crippen molar-refractivity contribution in [3.8, 4) is 0 Å². The largest absolute Gasteiger partial charge is 0.418 e. The molecule has 3 rings (SSSR count). The summed E-state index contributed by atoms with van der Waals surface area (Å²) in [6, 6.07) is 5.11. The van der Waals surface area contributed by atoms with Gasteiger partial charge in [-0.2, -0.15) is 13.2 Å². The molecule has 1 aromatic carbocycles. The summed E-state index contributed by atoms with van der Waals surface area (Å²) in [5.74, 6) is 0. The van der Waals surface area contributed by atoms with Crippen LogP contribution in [0.3, 0.4) is 0 Å². The predicted octanol–water partition coefficient (Wildman–Crippen LogP) is 3.81. The van der Waals surface area contributed by atoms with E-state index in [1.165, 1.54) is 23.1 Å². The minimum absolute atomic E-state index is 0.0270. The van der Waals surface area contributed by atoms with E-state index < -0.39 is 17.8 Å². The Morgan fingerprint density at radius 2 is 1.78 bits per heavy atom. The number of ether oxygens (including phenoxy) is 1. The molecule has 2 saturated heterocycles. The van der Waals surface area contributed by atoms with Crippen molar-refractivity contribution in [3.63, 3.8) is 0 Å². The van der Waals surface area contributed by atoms with E-state index in [1.807, 2.05) is 0 Å². The number of halogens is 3. The van der Waals surface area contributed by atoms with Gasteiger partial charge in [-0.3, -0.25) is 0 Å². The Hall–Kier alpha value is -1.80. The van der Waals surface area contributed by atoms with Crippen LogP contribution < -0.4 is 5.32 Å². The number of nitrogens with zero attached hydrogens (tertiary/aromatic N) is 2. The van der Waals surface area contributed by atoms with Gasteiger partial charge in [0.15, 0.2) is 0 Å². The monoisotopic (exact) mass is 385 g/mol. The van der Waals surface area contributed by atoms with Crippen LogP contribution in [0.15, 0.2) is 24.3 Å². The second kappa shape index (κ2) is 8.48. The molecule has 2 amide bonds. The molecular formula is C19H26F3N3O2. The zero-order chi connectivity index (χ0) is 19.4. The fourth-order valence-electron chi connectivity index (χ4n) is 3.90. The fraction of sp³-hybridized carbons (Fsp3) is 0.632. The Labute approximate surface area is 157 Å². The Bertz CT molecular complexity index is 639. The summed E-state index contributed by atoms with van der Waals surface area (Å²) in [4.78, 5) is 16.5. The first-order valence-corrected chi connectivity index (χ1v) is 9.38. The number of carbonyl (C=O) groups is 1. The summed E-state index contributed by atoms with van der Waals surface area (Å²) in [7, 11) is 1.65. The van der Waals surface area contributed by atoms with Crippen molar-refractivity contribution in [2.24, 2.45) is 0 Å². The minimum Gasteiger partial charge on any atom is -0.381 e. The Morgan fingerprint density at radius 3 is 2.41 bits per heavy atom. The lowest BCUT2D eigenvalue weighted by molar-refractivity contribution is -0.136. The first-order valence-electron chi connectivity index (χ1n) is 9.38. The second-order valence-electron chi connectivity index (χ2n) is 7.20. The third-order valence-electron chi connectivity index (χ3n) is 5.55. The van der Waals surface area contributed by atoms with E-state index in [-0.39, 0.29) is 11.7 Å². The van der Waals surface area contributed by atoms with E-state index in [1.54, 1.807) is 7.05 Å². The molecule has 5 nitrogen and oxygen atoms in total. The van der Waals surface area contributed by atoms with E-state index in [0.29, 0.717) is 6.04 Å². The molecule has 0 radical (unpaired) electrons. The van der Waals surface area contributed by atoms with E-state index in [4.69, 9.17) is 4.74 Å². The third kappa shape index (κ3) is 4.93. The topological polar surface area (TPSA) is 44.8 Å². The summed E-state index contributed by atoms with van der Waals surface area (Å²) >= 11 is 0. The number of piperidine rings is 1. The summed E-state index contributed by atoms with van der Waals surface area (Å²) < 4.78 is 44.7. The number of benzene rings is 1. The molecule has 1 N–H and O–H groups in total. The Morgan fingerprint density at radius 1 is 1.15 bits per heavy atom. The number of carbonyl (C=O) groups excluding carboxylic acids is 1. The van der Waals surface area contributed by atoms with Crippen molar-refractivity contribution < 1.29 is 22.7 Å². The Kier molecular flexibility index (Phi) is 6.26. The fourth-order valence-corrected chi connectivity index (χ4v) is 3.90. The molecule has 0 bridgehead atoms. The van der Waals surface area contributed by atoms with Gasteiger partial charge < -0.3 is 19.9 Å². The number of hydrogen-bond acceptors (Lipinski definition) is 3. The predicted molar refractivity (Wildman–Crippen MR) is 96.7 cm³/mol. The first kappa shape index (κ1) is 19.9. The van der Waals surface area contributed by atoms with Crippen molar-refractivity contribution in [2.75, 3.05) is 38.7 Å². The number of rotatable bonds is 3. The van der Waals surface area contributed by atoms with Gasteiger partial charge in [-0.1, -0.05) is 12.1 Å². The third-order valence-corrected chi connectivity index (χ3v) is 5.55. The van der Waals surface area contributed by atoms with Gasteiger partial charge in [0.25, 0.3) is 0 Å². The molecule has 8 heteroatoms. The number of likely N-dealkylation sites (tertiary alicyclic amines) is 1. The molecule has 1 aromatic rings. The number of urea groups is 1. The van der Waals surface area contributed by atoms with Gasteiger partial charge in [0.05, 0.1) is 11.3 Å². The maximum absolute atomic E-state index is 13.1. The van der Waals surface area contributed by atoms with Crippen LogP contribution in [-0.2, 0) is 10.9 Å². The van der Waals surface area contributed by atoms with E-state index in [0.717, 1.165) is 58.1 Å². The first-order chi connectivity index (χ1) is 12.9. The summed E-state index contributed by atoms with van der Waals surface area (Å²) in [6.45, 7) is 3.38. The van der Waals surface area contributed by atoms with Crippen molar-refractivity contribution in [1.29, 1.82) is 0 Å². The molecule has 2 fully saturated rings. The summed E-state index contributed by atoms with van der Waals surface area (Å²) in [5, 5.41) is 2.43. The van der Waals surface area contributed by atoms with Crippen molar-refractivity contribution in [2.45, 2.75) is 43.9 Å². The molecular weight excluding hydrogens is 359 g/mol. The SMILES string of the molecule is CN(C(=O)Nc1ccccc1C(F)(F)F)C1CCN(C2CCOCC2)CC1. The molecule has 0 aromatic heterocycles. The second-order valence-corrected chi connectivity index (χ2v) is 7.20. The van der Waals surface area contributed by atoms with Gasteiger partial charge in [0.1, 0.15) is 0 Å². The molecule has 0 spiro atoms. The van der Waals surface area contributed by atoms with Crippen LogP contribution in [0.5, 0.6) is 0 Å². The number of alkyl halides is 3. The molecule has 2 heterocycles. The lowest BCUT2D eigenvalue weighted by Gasteiger charge is -2.41. The highest BCUT2D eigenvalue weighted by Crippen LogP contribution is 2.34. The summed E-state index contributed by atoms with van der Waals surface area (Å²) in [5.41, 5.74) is -1.04. The zero-order valence-electron chi connectivity index (χ0n) is 15.5. The molecule has 2 aliphatic heterocycles. The van der Waals surface area contributed by atoms with E-state index in [9.17, 15) is 18.0 Å². The average Bonchev–Trinajstić information content (AvgIpc) is 2.68. The highest BCUT2D eigenvalue weighted by atomic mass is 19.4.